The quantitative estimate of drug-likeness (QED) is 0.206. The molecule has 17 heteroatoms. The number of hydrogen-bond donors (Lipinski definition) is 2. The van der Waals surface area contributed by atoms with Gasteiger partial charge in [-0.2, -0.15) is 0 Å². The van der Waals surface area contributed by atoms with E-state index in [1.807, 2.05) is 0 Å². The Bertz CT molecular complexity index is 981. The van der Waals surface area contributed by atoms with Gasteiger partial charge >= 0.3 is 35.8 Å². The number of rotatable bonds is 10. The molecule has 2 rings (SSSR count). The zero-order valence-electron chi connectivity index (χ0n) is 23.2. The highest BCUT2D eigenvalue weighted by atomic mass is 16.8. The van der Waals surface area contributed by atoms with Crippen molar-refractivity contribution in [1.82, 2.24) is 0 Å². The Labute approximate surface area is 234 Å². The lowest BCUT2D eigenvalue weighted by Crippen LogP contribution is -2.67. The zero-order valence-corrected chi connectivity index (χ0v) is 23.2. The first-order valence-electron chi connectivity index (χ1n) is 12.4. The monoisotopic (exact) mass is 594 g/mol. The van der Waals surface area contributed by atoms with E-state index < -0.39 is 110 Å². The van der Waals surface area contributed by atoms with Crippen LogP contribution in [0.15, 0.2) is 0 Å². The maximum absolute atomic E-state index is 12.1. The van der Waals surface area contributed by atoms with Gasteiger partial charge in [0.05, 0.1) is 13.2 Å². The van der Waals surface area contributed by atoms with Crippen molar-refractivity contribution >= 4 is 35.8 Å². The van der Waals surface area contributed by atoms with Crippen molar-refractivity contribution in [3.05, 3.63) is 0 Å². The molecule has 10 atom stereocenters. The summed E-state index contributed by atoms with van der Waals surface area (Å²) < 4.78 is 48.8. The number of hydrogen-bond acceptors (Lipinski definition) is 17. The van der Waals surface area contributed by atoms with E-state index in [2.05, 4.69) is 0 Å². The first-order valence-corrected chi connectivity index (χ1v) is 12.4. The molecule has 2 saturated heterocycles. The van der Waals surface area contributed by atoms with Gasteiger partial charge in [0, 0.05) is 41.5 Å². The van der Waals surface area contributed by atoms with E-state index in [4.69, 9.17) is 42.6 Å². The van der Waals surface area contributed by atoms with Gasteiger partial charge in [-0.05, 0) is 0 Å². The van der Waals surface area contributed by atoms with Gasteiger partial charge in [0.25, 0.3) is 0 Å². The number of esters is 6. The Morgan fingerprint density at radius 2 is 0.780 bits per heavy atom. The Morgan fingerprint density at radius 3 is 1.20 bits per heavy atom. The van der Waals surface area contributed by atoms with E-state index in [1.54, 1.807) is 0 Å². The molecule has 0 radical (unpaired) electrons. The van der Waals surface area contributed by atoms with Crippen LogP contribution in [-0.2, 0) is 71.4 Å². The second-order valence-corrected chi connectivity index (χ2v) is 9.03. The van der Waals surface area contributed by atoms with Gasteiger partial charge in [-0.1, -0.05) is 0 Å². The molecule has 0 saturated carbocycles. The average Bonchev–Trinajstić information content (AvgIpc) is 2.83. The van der Waals surface area contributed by atoms with Crippen LogP contribution in [0.4, 0.5) is 0 Å². The van der Waals surface area contributed by atoms with Crippen molar-refractivity contribution in [2.24, 2.45) is 0 Å². The Kier molecular flexibility index (Phi) is 12.4. The van der Waals surface area contributed by atoms with Gasteiger partial charge in [0.15, 0.2) is 30.7 Å². The van der Waals surface area contributed by atoms with Crippen LogP contribution in [0, 0.1) is 0 Å². The van der Waals surface area contributed by atoms with Crippen LogP contribution < -0.4 is 0 Å². The molecule has 2 heterocycles. The van der Waals surface area contributed by atoms with Crippen molar-refractivity contribution in [2.45, 2.75) is 103 Å². The molecule has 0 aromatic heterocycles. The van der Waals surface area contributed by atoms with Gasteiger partial charge in [-0.15, -0.1) is 0 Å². The largest absolute Gasteiger partial charge is 0.456 e. The summed E-state index contributed by atoms with van der Waals surface area (Å²) in [6.07, 6.45) is -15.7. The lowest BCUT2D eigenvalue weighted by Gasteiger charge is -2.48. The molecule has 2 N–H and O–H groups in total. The van der Waals surface area contributed by atoms with Gasteiger partial charge in [0.1, 0.15) is 18.3 Å². The highest BCUT2D eigenvalue weighted by molar-refractivity contribution is 5.69. The summed E-state index contributed by atoms with van der Waals surface area (Å²) in [5, 5.41) is 20.1. The van der Waals surface area contributed by atoms with Crippen LogP contribution in [0.2, 0.25) is 0 Å². The molecule has 41 heavy (non-hydrogen) atoms. The predicted octanol–water partition coefficient (Wildman–Crippen LogP) is -1.97. The van der Waals surface area contributed by atoms with Crippen molar-refractivity contribution in [1.29, 1.82) is 0 Å². The molecule has 0 aromatic carbocycles. The first kappa shape index (κ1) is 33.8. The number of carbonyl (C=O) groups excluding carboxylic acids is 6. The van der Waals surface area contributed by atoms with Crippen molar-refractivity contribution < 1.29 is 81.6 Å². The van der Waals surface area contributed by atoms with E-state index in [0.717, 1.165) is 41.5 Å². The molecule has 232 valence electrons. The van der Waals surface area contributed by atoms with E-state index in [1.165, 1.54) is 0 Å². The highest BCUT2D eigenvalue weighted by Gasteiger charge is 2.57. The fourth-order valence-electron chi connectivity index (χ4n) is 4.36. The van der Waals surface area contributed by atoms with Gasteiger partial charge in [0.2, 0.25) is 12.4 Å². The summed E-state index contributed by atoms with van der Waals surface area (Å²) >= 11 is 0. The lowest BCUT2D eigenvalue weighted by molar-refractivity contribution is -0.357. The third-order valence-electron chi connectivity index (χ3n) is 5.63. The number of carbonyl (C=O) groups is 6. The summed E-state index contributed by atoms with van der Waals surface area (Å²) in [5.41, 5.74) is 0. The molecular formula is C24H34O17. The van der Waals surface area contributed by atoms with Gasteiger partial charge in [-0.25, -0.2) is 0 Å². The van der Waals surface area contributed by atoms with E-state index in [9.17, 15) is 39.0 Å². The molecule has 2 fully saturated rings. The van der Waals surface area contributed by atoms with Crippen molar-refractivity contribution in [3.63, 3.8) is 0 Å². The Hall–Kier alpha value is -3.38. The predicted molar refractivity (Wildman–Crippen MR) is 126 cm³/mol. The average molecular weight is 595 g/mol. The minimum Gasteiger partial charge on any atom is -0.456 e. The minimum atomic E-state index is -1.75. The topological polar surface area (TPSA) is 226 Å². The van der Waals surface area contributed by atoms with Gasteiger partial charge < -0.3 is 52.8 Å². The number of aliphatic hydroxyl groups excluding tert-OH is 2. The fraction of sp³-hybridized carbons (Fsp3) is 0.750. The third kappa shape index (κ3) is 9.32. The second kappa shape index (κ2) is 15.0. The molecule has 17 nitrogen and oxygen atoms in total. The maximum Gasteiger partial charge on any atom is 0.305 e. The number of aliphatic hydroxyl groups is 2. The normalized spacial score (nSPS) is 33.1. The van der Waals surface area contributed by atoms with Crippen LogP contribution in [0.5, 0.6) is 0 Å². The molecule has 0 aromatic rings. The highest BCUT2D eigenvalue weighted by Crippen LogP contribution is 2.35. The molecule has 0 aliphatic carbocycles. The molecule has 0 bridgehead atoms. The summed E-state index contributed by atoms with van der Waals surface area (Å²) in [6.45, 7) is 4.55. The smallest absolute Gasteiger partial charge is 0.305 e. The first-order chi connectivity index (χ1) is 19.2. The van der Waals surface area contributed by atoms with Crippen molar-refractivity contribution in [2.75, 3.05) is 13.2 Å². The summed E-state index contributed by atoms with van der Waals surface area (Å²) in [6, 6.07) is 0. The molecular weight excluding hydrogens is 560 g/mol. The fourth-order valence-corrected chi connectivity index (χ4v) is 4.36. The third-order valence-corrected chi connectivity index (χ3v) is 5.63. The van der Waals surface area contributed by atoms with Gasteiger partial charge in [-0.3, -0.25) is 28.8 Å². The van der Waals surface area contributed by atoms with Crippen LogP contribution in [-0.4, -0.2) is 121 Å². The molecule has 0 amide bonds. The summed E-state index contributed by atoms with van der Waals surface area (Å²) in [5.74, 6) is -5.28. The van der Waals surface area contributed by atoms with E-state index in [0.29, 0.717) is 0 Å². The zero-order chi connectivity index (χ0) is 31.0. The van der Waals surface area contributed by atoms with Crippen LogP contribution in [0.25, 0.3) is 0 Å². The Balaban J connectivity index is 2.59. The molecule has 2 aliphatic heterocycles. The SMILES string of the molecule is CC(=O)OC1O[C@H](CO)[C@@H](O[C@@H]2O[C@H](CO)[C@H](OC(C)=O)[C@H](OC(C)=O)[C@H]2OC(C)=O)[C@H](OC(C)=O)[C@H]1OC(C)=O. The molecule has 2 aliphatic rings. The van der Waals surface area contributed by atoms with E-state index >= 15 is 0 Å². The summed E-state index contributed by atoms with van der Waals surface area (Å²) in [7, 11) is 0. The van der Waals surface area contributed by atoms with E-state index in [-0.39, 0.29) is 0 Å². The Morgan fingerprint density at radius 1 is 0.463 bits per heavy atom. The lowest BCUT2D eigenvalue weighted by atomic mass is 9.96. The summed E-state index contributed by atoms with van der Waals surface area (Å²) in [4.78, 5) is 71.4. The van der Waals surface area contributed by atoms with Crippen LogP contribution in [0.3, 0.4) is 0 Å². The molecule has 1 unspecified atom stereocenters. The number of ether oxygens (including phenoxy) is 9. The standard InChI is InChI=1S/C24H34O17/c1-9(27)33-17-15(7-25)40-24(22(37-13(5)31)19(17)34-10(2)28)41-18-16(8-26)39-23(38-14(6)32)21(36-12(4)30)20(18)35-11(3)29/h15-26H,7-8H2,1-6H3/t15-,16-,17+,18-,19+,20+,21-,22-,23?,24+/m1/s1. The minimum absolute atomic E-state index is 0.801. The van der Waals surface area contributed by atoms with Crippen LogP contribution in [0.1, 0.15) is 41.5 Å². The van der Waals surface area contributed by atoms with Crippen molar-refractivity contribution in [3.8, 4) is 0 Å². The van der Waals surface area contributed by atoms with Crippen LogP contribution >= 0.6 is 0 Å². The maximum atomic E-state index is 12.1. The molecule has 0 spiro atoms. The second-order valence-electron chi connectivity index (χ2n) is 9.03.